The molecule has 0 saturated carbocycles. The van der Waals surface area contributed by atoms with Crippen molar-refractivity contribution < 1.29 is 24.0 Å². The summed E-state index contributed by atoms with van der Waals surface area (Å²) in [7, 11) is 0. The first kappa shape index (κ1) is 34.3. The van der Waals surface area contributed by atoms with Crippen LogP contribution >= 0.6 is 0 Å². The van der Waals surface area contributed by atoms with Gasteiger partial charge in [0.15, 0.2) is 0 Å². The van der Waals surface area contributed by atoms with E-state index in [0.29, 0.717) is 39.9 Å². The number of nitrogens with zero attached hydrogens (tertiary/aromatic N) is 7. The molecule has 4 aliphatic rings. The number of fused-ring (bicyclic) bond motifs is 2. The summed E-state index contributed by atoms with van der Waals surface area (Å²) in [6.07, 6.45) is 5.00. The maximum absolute atomic E-state index is 13.2. The first-order valence-electron chi connectivity index (χ1n) is 18.3. The Morgan fingerprint density at radius 2 is 1.67 bits per heavy atom. The van der Waals surface area contributed by atoms with Crippen molar-refractivity contribution in [1.29, 1.82) is 0 Å². The van der Waals surface area contributed by atoms with E-state index in [-0.39, 0.29) is 24.4 Å². The minimum Gasteiger partial charge on any atom is -0.371 e. The third-order valence-corrected chi connectivity index (χ3v) is 10.8. The highest BCUT2D eigenvalue weighted by molar-refractivity contribution is 6.23. The predicted octanol–water partition coefficient (Wildman–Crippen LogP) is 2.33. The average Bonchev–Trinajstić information content (AvgIpc) is 3.90. The van der Waals surface area contributed by atoms with Gasteiger partial charge < -0.3 is 25.4 Å². The molecule has 280 valence electrons. The Morgan fingerprint density at radius 1 is 0.891 bits per heavy atom. The van der Waals surface area contributed by atoms with Crippen LogP contribution in [0.5, 0.6) is 0 Å². The average molecular weight is 743 g/mol. The van der Waals surface area contributed by atoms with Crippen LogP contribution in [-0.2, 0) is 16.1 Å². The smallest absolute Gasteiger partial charge is 0.275 e. The number of H-pyrrole nitrogens is 2. The summed E-state index contributed by atoms with van der Waals surface area (Å²) in [6, 6.07) is 14.1. The van der Waals surface area contributed by atoms with E-state index in [4.69, 9.17) is 0 Å². The summed E-state index contributed by atoms with van der Waals surface area (Å²) in [5.74, 6) is -1.24. The largest absolute Gasteiger partial charge is 0.371 e. The van der Waals surface area contributed by atoms with Crippen molar-refractivity contribution in [3.63, 3.8) is 0 Å². The highest BCUT2D eigenvalue weighted by Gasteiger charge is 2.45. The fraction of sp³-hybridized carbons (Fsp3) is 0.316. The molecule has 7 heterocycles. The van der Waals surface area contributed by atoms with Crippen LogP contribution in [0.15, 0.2) is 67.3 Å². The van der Waals surface area contributed by atoms with Gasteiger partial charge in [0.25, 0.3) is 17.7 Å². The molecule has 5 N–H and O–H groups in total. The number of aromatic nitrogens is 5. The summed E-state index contributed by atoms with van der Waals surface area (Å²) >= 11 is 0. The normalized spacial score (nSPS) is 19.5. The van der Waals surface area contributed by atoms with Gasteiger partial charge in [-0.15, -0.1) is 0 Å². The molecule has 55 heavy (non-hydrogen) atoms. The lowest BCUT2D eigenvalue weighted by Gasteiger charge is -2.45. The molecule has 0 spiro atoms. The van der Waals surface area contributed by atoms with Crippen LogP contribution < -0.4 is 20.9 Å². The van der Waals surface area contributed by atoms with E-state index in [1.807, 2.05) is 36.4 Å². The summed E-state index contributed by atoms with van der Waals surface area (Å²) in [5, 5.41) is 16.0. The zero-order valence-corrected chi connectivity index (χ0v) is 29.7. The van der Waals surface area contributed by atoms with Crippen LogP contribution in [0.3, 0.4) is 0 Å². The van der Waals surface area contributed by atoms with Gasteiger partial charge >= 0.3 is 0 Å². The fourth-order valence-electron chi connectivity index (χ4n) is 7.85. The second kappa shape index (κ2) is 14.1. The number of amides is 5. The molecule has 1 atom stereocenters. The number of carbonyl (C=O) groups is 5. The molecule has 0 bridgehead atoms. The summed E-state index contributed by atoms with van der Waals surface area (Å²) in [6.45, 7) is 7.39. The van der Waals surface area contributed by atoms with Gasteiger partial charge in [-0.05, 0) is 48.4 Å². The molecule has 3 fully saturated rings. The lowest BCUT2D eigenvalue weighted by molar-refractivity contribution is -0.136. The van der Waals surface area contributed by atoms with Gasteiger partial charge in [-0.2, -0.15) is 5.10 Å². The Hall–Kier alpha value is -6.46. The van der Waals surface area contributed by atoms with Crippen molar-refractivity contribution in [1.82, 2.24) is 45.2 Å². The number of piperazine rings is 1. The van der Waals surface area contributed by atoms with Crippen molar-refractivity contribution >= 4 is 63.4 Å². The van der Waals surface area contributed by atoms with Gasteiger partial charge in [-0.25, -0.2) is 9.97 Å². The fourth-order valence-corrected chi connectivity index (χ4v) is 7.85. The Bertz CT molecular complexity index is 2320. The molecule has 5 aromatic rings. The van der Waals surface area contributed by atoms with Crippen LogP contribution in [0.1, 0.15) is 49.6 Å². The molecule has 4 aliphatic heterocycles. The zero-order chi connectivity index (χ0) is 37.6. The Morgan fingerprint density at radius 3 is 2.47 bits per heavy atom. The molecule has 0 radical (unpaired) electrons. The van der Waals surface area contributed by atoms with E-state index < -0.39 is 29.7 Å². The number of piperidine rings is 1. The van der Waals surface area contributed by atoms with Crippen molar-refractivity contribution in [3.05, 3.63) is 89.6 Å². The number of benzene rings is 2. The summed E-state index contributed by atoms with van der Waals surface area (Å²) < 4.78 is 0. The minimum absolute atomic E-state index is 0.0925. The van der Waals surface area contributed by atoms with Crippen molar-refractivity contribution in [2.24, 2.45) is 5.92 Å². The summed E-state index contributed by atoms with van der Waals surface area (Å²) in [4.78, 5) is 83.1. The molecule has 0 aliphatic carbocycles. The molecule has 9 rings (SSSR count). The molecule has 17 nitrogen and oxygen atoms in total. The monoisotopic (exact) mass is 742 g/mol. The van der Waals surface area contributed by atoms with E-state index in [0.717, 1.165) is 68.3 Å². The van der Waals surface area contributed by atoms with E-state index in [2.05, 4.69) is 55.8 Å². The number of rotatable bonds is 10. The first-order chi connectivity index (χ1) is 26.8. The van der Waals surface area contributed by atoms with Gasteiger partial charge in [0.1, 0.15) is 29.5 Å². The molecule has 5 amide bonds. The quantitative estimate of drug-likeness (QED) is 0.131. The number of hydrogen-bond donors (Lipinski definition) is 5. The van der Waals surface area contributed by atoms with Crippen molar-refractivity contribution in [2.75, 3.05) is 61.3 Å². The standard InChI is InChI=1S/C38H38N12O5/c51-31-8-7-30(35(52)45-31)50-37(54)26-6-5-25(15-28(26)38(50)55)49-19-23(20-49)18-48-13-11-47(12-14-48)17-22-1-3-24(4-2-22)43-36(53)32-29(16-42-46-32)44-34-27-9-10-39-33(27)40-21-41-34/h1-6,9-10,15-16,21,23,30H,7-8,11-14,17-20H2,(H,42,46)(H,43,53)(H,45,51,52)(H2,39,40,41,44). The van der Waals surface area contributed by atoms with Crippen molar-refractivity contribution in [3.8, 4) is 0 Å². The van der Waals surface area contributed by atoms with E-state index in [1.54, 1.807) is 24.5 Å². The van der Waals surface area contributed by atoms with E-state index >= 15 is 0 Å². The number of anilines is 4. The van der Waals surface area contributed by atoms with Gasteiger partial charge in [0.2, 0.25) is 11.8 Å². The number of carbonyl (C=O) groups excluding carboxylic acids is 5. The topological polar surface area (TPSA) is 205 Å². The van der Waals surface area contributed by atoms with Crippen molar-refractivity contribution in [2.45, 2.75) is 25.4 Å². The lowest BCUT2D eigenvalue weighted by atomic mass is 9.97. The molecular formula is C38H38N12O5. The Balaban J connectivity index is 0.722. The number of aromatic amines is 2. The zero-order valence-electron chi connectivity index (χ0n) is 29.7. The van der Waals surface area contributed by atoms with Gasteiger partial charge in [0.05, 0.1) is 28.4 Å². The lowest BCUT2D eigenvalue weighted by Crippen LogP contribution is -2.54. The molecule has 3 aromatic heterocycles. The van der Waals surface area contributed by atoms with Gasteiger partial charge in [-0.3, -0.25) is 44.2 Å². The number of nitrogens with one attached hydrogen (secondary N) is 5. The van der Waals surface area contributed by atoms with Crippen LogP contribution in [0.4, 0.5) is 22.9 Å². The van der Waals surface area contributed by atoms with E-state index in [9.17, 15) is 24.0 Å². The maximum atomic E-state index is 13.2. The predicted molar refractivity (Wildman–Crippen MR) is 201 cm³/mol. The molecular weight excluding hydrogens is 704 g/mol. The van der Waals surface area contributed by atoms with E-state index in [1.165, 1.54) is 11.9 Å². The van der Waals surface area contributed by atoms with Gasteiger partial charge in [-0.1, -0.05) is 12.1 Å². The number of imide groups is 2. The molecule has 17 heteroatoms. The second-order valence-electron chi connectivity index (χ2n) is 14.4. The highest BCUT2D eigenvalue weighted by Crippen LogP contribution is 2.33. The third kappa shape index (κ3) is 6.67. The SMILES string of the molecule is O=C1CCC(N2C(=O)c3ccc(N4CC(CN5CCN(Cc6ccc(NC(=O)c7[nH]ncc7Nc7ncnc8[nH]ccc78)cc6)CC5)C4)cc3C2=O)C(=O)N1. The Kier molecular flexibility index (Phi) is 8.78. The van der Waals surface area contributed by atoms with Crippen LogP contribution in [0, 0.1) is 5.92 Å². The molecule has 2 aromatic carbocycles. The highest BCUT2D eigenvalue weighted by atomic mass is 16.2. The van der Waals surface area contributed by atoms with Gasteiger partial charge in [0, 0.05) is 82.3 Å². The molecule has 3 saturated heterocycles. The van der Waals surface area contributed by atoms with Crippen LogP contribution in [-0.4, -0.2) is 121 Å². The summed E-state index contributed by atoms with van der Waals surface area (Å²) in [5.41, 5.74) is 4.81. The maximum Gasteiger partial charge on any atom is 0.275 e. The van der Waals surface area contributed by atoms with Crippen LogP contribution in [0.25, 0.3) is 11.0 Å². The molecule has 1 unspecified atom stereocenters. The minimum atomic E-state index is -0.969. The Labute approximate surface area is 314 Å². The first-order valence-corrected chi connectivity index (χ1v) is 18.3. The number of hydrogen-bond acceptors (Lipinski definition) is 12. The second-order valence-corrected chi connectivity index (χ2v) is 14.4. The third-order valence-electron chi connectivity index (χ3n) is 10.8. The van der Waals surface area contributed by atoms with Crippen LogP contribution in [0.2, 0.25) is 0 Å².